The molecule has 0 unspecified atom stereocenters. The standard InChI is InChI=1S/C21H24N2O4/c1-3-21-9-6-10-23(12-21)19(25)18(24)16-13-7-4-5-8-15(13)22-17(16)14(11-21)20(26)27-2/h4-5,7-8,16,22H,3,6,9-12H2,1-2H3/t16-,21+/m1/s1. The molecule has 3 aliphatic heterocycles. The maximum Gasteiger partial charge on any atom is 0.335 e. The first-order valence-corrected chi connectivity index (χ1v) is 9.50. The highest BCUT2D eigenvalue weighted by Crippen LogP contribution is 2.47. The van der Waals surface area contributed by atoms with Crippen LogP contribution in [0.3, 0.4) is 0 Å². The monoisotopic (exact) mass is 368 g/mol. The van der Waals surface area contributed by atoms with Crippen LogP contribution in [0.25, 0.3) is 0 Å². The number of nitrogens with zero attached hydrogens (tertiary/aromatic N) is 1. The van der Waals surface area contributed by atoms with E-state index in [-0.39, 0.29) is 5.41 Å². The predicted molar refractivity (Wildman–Crippen MR) is 100 cm³/mol. The molecule has 1 N–H and O–H groups in total. The number of nitrogens with one attached hydrogen (secondary N) is 1. The molecule has 3 aliphatic rings. The minimum Gasteiger partial charge on any atom is -0.466 e. The molecule has 1 fully saturated rings. The topological polar surface area (TPSA) is 75.7 Å². The number of ether oxygens (including phenoxy) is 1. The number of carbonyl (C=O) groups is 3. The number of rotatable bonds is 2. The molecule has 1 aromatic carbocycles. The molecule has 0 radical (unpaired) electrons. The van der Waals surface area contributed by atoms with E-state index in [0.717, 1.165) is 30.5 Å². The molecule has 6 heteroatoms. The predicted octanol–water partition coefficient (Wildman–Crippen LogP) is 2.61. The van der Waals surface area contributed by atoms with Gasteiger partial charge in [-0.3, -0.25) is 9.59 Å². The van der Waals surface area contributed by atoms with Gasteiger partial charge in [-0.05, 0) is 42.7 Å². The number of ketones is 1. The Hall–Kier alpha value is -2.63. The summed E-state index contributed by atoms with van der Waals surface area (Å²) in [5.41, 5.74) is 2.31. The molecule has 0 aliphatic carbocycles. The van der Waals surface area contributed by atoms with Crippen molar-refractivity contribution in [1.29, 1.82) is 0 Å². The van der Waals surface area contributed by atoms with E-state index in [1.165, 1.54) is 7.11 Å². The number of Topliss-reactive ketones (excluding diaryl/α,β-unsaturated/α-hetero) is 1. The fourth-order valence-corrected chi connectivity index (χ4v) is 4.75. The Morgan fingerprint density at radius 2 is 2.11 bits per heavy atom. The molecule has 0 spiro atoms. The Labute approximate surface area is 158 Å². The summed E-state index contributed by atoms with van der Waals surface area (Å²) in [6.07, 6.45) is 3.09. The van der Waals surface area contributed by atoms with Crippen molar-refractivity contribution in [2.24, 2.45) is 5.41 Å². The lowest BCUT2D eigenvalue weighted by atomic mass is 9.72. The summed E-state index contributed by atoms with van der Waals surface area (Å²) in [7, 11) is 1.36. The lowest BCUT2D eigenvalue weighted by Gasteiger charge is -2.42. The number of carbonyl (C=O) groups excluding carboxylic acids is 3. The quantitative estimate of drug-likeness (QED) is 0.641. The van der Waals surface area contributed by atoms with Crippen LogP contribution in [0.2, 0.25) is 0 Å². The molecule has 0 aromatic heterocycles. The van der Waals surface area contributed by atoms with E-state index in [9.17, 15) is 14.4 Å². The lowest BCUT2D eigenvalue weighted by Crippen LogP contribution is -2.48. The first kappa shape index (κ1) is 17.8. The Morgan fingerprint density at radius 3 is 2.85 bits per heavy atom. The summed E-state index contributed by atoms with van der Waals surface area (Å²) in [5, 5.41) is 3.26. The molecular formula is C21H24N2O4. The maximum absolute atomic E-state index is 13.2. The van der Waals surface area contributed by atoms with Crippen molar-refractivity contribution in [2.45, 2.75) is 38.5 Å². The minimum absolute atomic E-state index is 0.212. The van der Waals surface area contributed by atoms with Gasteiger partial charge in [-0.2, -0.15) is 0 Å². The average Bonchev–Trinajstić information content (AvgIpc) is 3.09. The van der Waals surface area contributed by atoms with Crippen LogP contribution < -0.4 is 5.32 Å². The van der Waals surface area contributed by atoms with Gasteiger partial charge in [0.1, 0.15) is 0 Å². The van der Waals surface area contributed by atoms with Crippen molar-refractivity contribution in [3.63, 3.8) is 0 Å². The van der Waals surface area contributed by atoms with Gasteiger partial charge in [0.05, 0.1) is 18.6 Å². The molecular weight excluding hydrogens is 344 g/mol. The van der Waals surface area contributed by atoms with Crippen molar-refractivity contribution < 1.29 is 19.1 Å². The summed E-state index contributed by atoms with van der Waals surface area (Å²) in [6.45, 7) is 3.19. The highest BCUT2D eigenvalue weighted by atomic mass is 16.5. The van der Waals surface area contributed by atoms with Crippen LogP contribution in [0.15, 0.2) is 35.5 Å². The van der Waals surface area contributed by atoms with Crippen molar-refractivity contribution in [3.8, 4) is 0 Å². The fourth-order valence-electron chi connectivity index (χ4n) is 4.75. The second-order valence-corrected chi connectivity index (χ2v) is 7.75. The molecule has 2 atom stereocenters. The molecule has 142 valence electrons. The third kappa shape index (κ3) is 2.74. The number of methoxy groups -OCH3 is 1. The first-order chi connectivity index (χ1) is 13.0. The third-order valence-corrected chi connectivity index (χ3v) is 6.31. The normalized spacial score (nSPS) is 27.2. The van der Waals surface area contributed by atoms with Gasteiger partial charge in [0, 0.05) is 24.5 Å². The van der Waals surface area contributed by atoms with E-state index >= 15 is 0 Å². The summed E-state index contributed by atoms with van der Waals surface area (Å²) in [4.78, 5) is 40.7. The summed E-state index contributed by atoms with van der Waals surface area (Å²) in [6, 6.07) is 7.42. The maximum atomic E-state index is 13.2. The van der Waals surface area contributed by atoms with Gasteiger partial charge >= 0.3 is 5.97 Å². The molecule has 3 heterocycles. The van der Waals surface area contributed by atoms with Crippen molar-refractivity contribution in [3.05, 3.63) is 41.1 Å². The number of para-hydroxylation sites is 1. The molecule has 1 amide bonds. The molecule has 1 aromatic rings. The Morgan fingerprint density at radius 1 is 1.33 bits per heavy atom. The van der Waals surface area contributed by atoms with E-state index < -0.39 is 23.6 Å². The largest absolute Gasteiger partial charge is 0.466 e. The number of benzene rings is 1. The van der Waals surface area contributed by atoms with Crippen molar-refractivity contribution in [2.75, 3.05) is 25.5 Å². The van der Waals surface area contributed by atoms with Gasteiger partial charge in [0.2, 0.25) is 5.78 Å². The number of hydrogen-bond donors (Lipinski definition) is 1. The zero-order chi connectivity index (χ0) is 19.2. The molecule has 2 bridgehead atoms. The van der Waals surface area contributed by atoms with Gasteiger partial charge in [0.25, 0.3) is 5.91 Å². The summed E-state index contributed by atoms with van der Waals surface area (Å²) < 4.78 is 5.08. The number of amides is 1. The molecule has 6 nitrogen and oxygen atoms in total. The van der Waals surface area contributed by atoms with Gasteiger partial charge < -0.3 is 15.0 Å². The number of anilines is 1. The van der Waals surface area contributed by atoms with E-state index in [2.05, 4.69) is 12.2 Å². The van der Waals surface area contributed by atoms with Crippen molar-refractivity contribution >= 4 is 23.3 Å². The zero-order valence-electron chi connectivity index (χ0n) is 15.7. The molecule has 1 saturated heterocycles. The van der Waals surface area contributed by atoms with Crippen LogP contribution in [0, 0.1) is 5.41 Å². The second kappa shape index (κ2) is 6.51. The fraction of sp³-hybridized carbons (Fsp3) is 0.476. The highest BCUT2D eigenvalue weighted by Gasteiger charge is 2.47. The van der Waals surface area contributed by atoms with Gasteiger partial charge in [-0.25, -0.2) is 4.79 Å². The van der Waals surface area contributed by atoms with Crippen LogP contribution in [-0.2, 0) is 19.1 Å². The number of allylic oxidation sites excluding steroid dienone is 1. The van der Waals surface area contributed by atoms with E-state index in [1.807, 2.05) is 24.3 Å². The van der Waals surface area contributed by atoms with Crippen LogP contribution in [0.4, 0.5) is 5.69 Å². The van der Waals surface area contributed by atoms with Crippen LogP contribution in [0.1, 0.15) is 44.1 Å². The second-order valence-electron chi connectivity index (χ2n) is 7.75. The molecule has 27 heavy (non-hydrogen) atoms. The first-order valence-electron chi connectivity index (χ1n) is 9.50. The summed E-state index contributed by atoms with van der Waals surface area (Å²) >= 11 is 0. The van der Waals surface area contributed by atoms with Crippen LogP contribution in [-0.4, -0.2) is 42.8 Å². The van der Waals surface area contributed by atoms with E-state index in [1.54, 1.807) is 4.90 Å². The van der Waals surface area contributed by atoms with E-state index in [4.69, 9.17) is 4.74 Å². The van der Waals surface area contributed by atoms with Crippen LogP contribution in [0.5, 0.6) is 0 Å². The Balaban J connectivity index is 1.94. The molecule has 4 rings (SSSR count). The minimum atomic E-state index is -0.768. The Bertz CT molecular complexity index is 859. The smallest absolute Gasteiger partial charge is 0.335 e. The number of hydrogen-bond acceptors (Lipinski definition) is 5. The highest BCUT2D eigenvalue weighted by molar-refractivity contribution is 6.39. The van der Waals surface area contributed by atoms with Gasteiger partial charge in [0.15, 0.2) is 0 Å². The number of piperidine rings is 1. The summed E-state index contributed by atoms with van der Waals surface area (Å²) in [5.74, 6) is -2.12. The van der Waals surface area contributed by atoms with Crippen molar-refractivity contribution in [1.82, 2.24) is 4.90 Å². The number of esters is 1. The number of fused-ring (bicyclic) bond motifs is 5. The Kier molecular flexibility index (Phi) is 4.29. The van der Waals surface area contributed by atoms with Crippen LogP contribution >= 0.6 is 0 Å². The molecule has 0 saturated carbocycles. The SMILES string of the molecule is CC[C@@]12CCCN(C1)C(=O)C(=O)[C@H]1C(=C(C(=O)OC)C2)Nc2ccccc21. The zero-order valence-corrected chi connectivity index (χ0v) is 15.7. The van der Waals surface area contributed by atoms with E-state index in [0.29, 0.717) is 30.8 Å². The third-order valence-electron chi connectivity index (χ3n) is 6.31. The lowest BCUT2D eigenvalue weighted by molar-refractivity contribution is -0.147. The van der Waals surface area contributed by atoms with Gasteiger partial charge in [-0.15, -0.1) is 0 Å². The van der Waals surface area contributed by atoms with Gasteiger partial charge in [-0.1, -0.05) is 25.1 Å². The average molecular weight is 368 g/mol.